The van der Waals surface area contributed by atoms with Gasteiger partial charge in [0.2, 0.25) is 0 Å². The van der Waals surface area contributed by atoms with Crippen molar-refractivity contribution in [2.24, 2.45) is 5.73 Å². The van der Waals surface area contributed by atoms with Crippen LogP contribution in [0.4, 0.5) is 0 Å². The summed E-state index contributed by atoms with van der Waals surface area (Å²) in [4.78, 5) is 10.3. The minimum absolute atomic E-state index is 0.0361. The maximum absolute atomic E-state index is 11.5. The second-order valence-corrected chi connectivity index (χ2v) is 6.22. The van der Waals surface area contributed by atoms with Crippen LogP contribution < -0.4 is 5.73 Å². The monoisotopic (exact) mass is 193 g/mol. The molecule has 0 amide bonds. The molecular formula is C7H15NO3S. The number of nitrogens with two attached hydrogens (primary N) is 1. The molecule has 0 aromatic rings. The Hall–Kier alpha value is -0.680. The molecule has 5 heteroatoms. The Morgan fingerprint density at radius 3 is 2.67 bits per heavy atom. The van der Waals surface area contributed by atoms with E-state index >= 15 is 0 Å². The number of carboxylic acids is 1. The van der Waals surface area contributed by atoms with Crippen molar-refractivity contribution in [2.45, 2.75) is 6.04 Å². The molecule has 0 radical (unpaired) electrons. The van der Waals surface area contributed by atoms with Gasteiger partial charge in [0.1, 0.15) is 6.04 Å². The van der Waals surface area contributed by atoms with Crippen LogP contribution in [0.5, 0.6) is 0 Å². The van der Waals surface area contributed by atoms with E-state index in [9.17, 15) is 9.00 Å². The molecule has 0 aromatic carbocycles. The fraction of sp³-hybridized carbons (Fsp3) is 0.571. The first-order valence-electron chi connectivity index (χ1n) is 3.54. The fourth-order valence-electron chi connectivity index (χ4n) is 0.842. The Balaban J connectivity index is 4.14. The van der Waals surface area contributed by atoms with E-state index in [2.05, 4.69) is 6.58 Å². The van der Waals surface area contributed by atoms with Gasteiger partial charge in [0.25, 0.3) is 0 Å². The third-order valence-electron chi connectivity index (χ3n) is 1.42. The summed E-state index contributed by atoms with van der Waals surface area (Å²) in [6.45, 7) is 3.44. The topological polar surface area (TPSA) is 80.4 Å². The van der Waals surface area contributed by atoms with Gasteiger partial charge < -0.3 is 10.8 Å². The fourth-order valence-corrected chi connectivity index (χ4v) is 2.53. The van der Waals surface area contributed by atoms with Crippen molar-refractivity contribution in [3.63, 3.8) is 0 Å². The second-order valence-electron chi connectivity index (χ2n) is 2.90. The van der Waals surface area contributed by atoms with E-state index in [-0.39, 0.29) is 5.75 Å². The lowest BCUT2D eigenvalue weighted by atomic mass is 10.4. The second kappa shape index (κ2) is 4.37. The number of carboxylic acid groups (broad SMARTS) is 1. The van der Waals surface area contributed by atoms with Gasteiger partial charge in [-0.3, -0.25) is 9.00 Å². The summed E-state index contributed by atoms with van der Waals surface area (Å²) in [5.74, 6) is -0.733. The molecule has 0 fully saturated rings. The maximum Gasteiger partial charge on any atom is 0.321 e. The molecule has 0 saturated heterocycles. The number of aliphatic carboxylic acids is 1. The standard InChI is InChI=1S/C7H15NO3S/c1-3-4-12(2,11)5-6(8)7(9)10/h3,6,12H,1,4-5,8H2,2H3,(H,9,10)/t6-/m0/s1. The van der Waals surface area contributed by atoms with Crippen LogP contribution in [0.15, 0.2) is 12.7 Å². The third kappa shape index (κ3) is 4.25. The van der Waals surface area contributed by atoms with Crippen molar-refractivity contribution in [3.8, 4) is 0 Å². The highest BCUT2D eigenvalue weighted by Crippen LogP contribution is 2.01. The molecule has 0 heterocycles. The summed E-state index contributed by atoms with van der Waals surface area (Å²) < 4.78 is 11.5. The first kappa shape index (κ1) is 11.3. The predicted molar refractivity (Wildman–Crippen MR) is 51.0 cm³/mol. The number of hydrogen-bond donors (Lipinski definition) is 3. The lowest BCUT2D eigenvalue weighted by molar-refractivity contribution is -0.137. The molecule has 0 spiro atoms. The highest BCUT2D eigenvalue weighted by Gasteiger charge is 2.18. The van der Waals surface area contributed by atoms with Gasteiger partial charge in [0.15, 0.2) is 0 Å². The quantitative estimate of drug-likeness (QED) is 0.396. The van der Waals surface area contributed by atoms with Gasteiger partial charge in [-0.2, -0.15) is 0 Å². The zero-order valence-corrected chi connectivity index (χ0v) is 7.96. The zero-order chi connectivity index (χ0) is 9.78. The number of carbonyl (C=O) groups is 1. The van der Waals surface area contributed by atoms with Crippen LogP contribution in [0.1, 0.15) is 0 Å². The third-order valence-corrected chi connectivity index (χ3v) is 3.61. The number of hydrogen-bond acceptors (Lipinski definition) is 3. The summed E-state index contributed by atoms with van der Waals surface area (Å²) in [5.41, 5.74) is 5.23. The Kier molecular flexibility index (Phi) is 4.12. The molecule has 12 heavy (non-hydrogen) atoms. The molecule has 72 valence electrons. The van der Waals surface area contributed by atoms with Crippen molar-refractivity contribution < 1.29 is 14.1 Å². The molecule has 0 aromatic heterocycles. The van der Waals surface area contributed by atoms with Crippen LogP contribution in [-0.4, -0.2) is 39.1 Å². The van der Waals surface area contributed by atoms with Gasteiger partial charge in [-0.1, -0.05) is 6.08 Å². The van der Waals surface area contributed by atoms with E-state index in [1.54, 1.807) is 0 Å². The van der Waals surface area contributed by atoms with E-state index in [0.717, 1.165) is 0 Å². The summed E-state index contributed by atoms with van der Waals surface area (Å²) in [6.07, 6.45) is 3.06. The summed E-state index contributed by atoms with van der Waals surface area (Å²) >= 11 is 0. The minimum atomic E-state index is -2.43. The first-order chi connectivity index (χ1) is 5.39. The Morgan fingerprint density at radius 2 is 2.33 bits per heavy atom. The average Bonchev–Trinajstić information content (AvgIpc) is 1.85. The van der Waals surface area contributed by atoms with Crippen molar-refractivity contribution in [3.05, 3.63) is 12.7 Å². The van der Waals surface area contributed by atoms with E-state index in [1.165, 1.54) is 12.3 Å². The predicted octanol–water partition coefficient (Wildman–Crippen LogP) is -0.769. The van der Waals surface area contributed by atoms with Crippen LogP contribution in [0.25, 0.3) is 0 Å². The SMILES string of the molecule is C=CC[SH](C)(=O)C[C@H](N)C(=O)O. The van der Waals surface area contributed by atoms with Gasteiger partial charge in [0, 0.05) is 11.5 Å². The van der Waals surface area contributed by atoms with Gasteiger partial charge in [-0.15, -0.1) is 16.5 Å². The summed E-state index contributed by atoms with van der Waals surface area (Å²) in [5, 5.41) is 8.44. The van der Waals surface area contributed by atoms with Crippen LogP contribution in [0, 0.1) is 0 Å². The van der Waals surface area contributed by atoms with Gasteiger partial charge >= 0.3 is 5.97 Å². The smallest absolute Gasteiger partial charge is 0.321 e. The molecule has 3 N–H and O–H groups in total. The maximum atomic E-state index is 11.5. The summed E-state index contributed by atoms with van der Waals surface area (Å²) in [7, 11) is -2.43. The molecule has 0 aliphatic carbocycles. The molecule has 4 nitrogen and oxygen atoms in total. The van der Waals surface area contributed by atoms with E-state index in [1.807, 2.05) is 0 Å². The molecule has 0 rings (SSSR count). The molecule has 1 atom stereocenters. The van der Waals surface area contributed by atoms with Crippen molar-refractivity contribution in [1.82, 2.24) is 0 Å². The minimum Gasteiger partial charge on any atom is -0.480 e. The zero-order valence-electron chi connectivity index (χ0n) is 7.06. The van der Waals surface area contributed by atoms with Crippen LogP contribution in [0.3, 0.4) is 0 Å². The number of thiol groups is 1. The lowest BCUT2D eigenvalue weighted by Gasteiger charge is -2.18. The Labute approximate surface area is 72.9 Å². The van der Waals surface area contributed by atoms with Gasteiger partial charge in [-0.25, -0.2) is 0 Å². The first-order valence-corrected chi connectivity index (χ1v) is 6.06. The normalized spacial score (nSPS) is 15.2. The Bertz CT molecular complexity index is 227. The van der Waals surface area contributed by atoms with Crippen molar-refractivity contribution in [2.75, 3.05) is 17.8 Å². The molecular weight excluding hydrogens is 178 g/mol. The van der Waals surface area contributed by atoms with Crippen LogP contribution in [-0.2, 0) is 14.7 Å². The lowest BCUT2D eigenvalue weighted by Crippen LogP contribution is -2.40. The van der Waals surface area contributed by atoms with E-state index in [4.69, 9.17) is 10.8 Å². The van der Waals surface area contributed by atoms with Crippen molar-refractivity contribution >= 4 is 15.9 Å². The molecule has 0 unspecified atom stereocenters. The largest absolute Gasteiger partial charge is 0.480 e. The van der Waals surface area contributed by atoms with Crippen molar-refractivity contribution in [1.29, 1.82) is 0 Å². The summed E-state index contributed by atoms with van der Waals surface area (Å²) in [6, 6.07) is -1.03. The highest BCUT2D eigenvalue weighted by molar-refractivity contribution is 8.02. The number of rotatable bonds is 5. The van der Waals surface area contributed by atoms with Gasteiger partial charge in [-0.05, 0) is 6.26 Å². The molecule has 0 saturated carbocycles. The molecule has 0 bridgehead atoms. The van der Waals surface area contributed by atoms with E-state index in [0.29, 0.717) is 5.75 Å². The van der Waals surface area contributed by atoms with Gasteiger partial charge in [0.05, 0.1) is 0 Å². The Morgan fingerprint density at radius 1 is 1.83 bits per heavy atom. The molecule has 0 aliphatic heterocycles. The average molecular weight is 193 g/mol. The van der Waals surface area contributed by atoms with E-state index < -0.39 is 21.9 Å². The molecule has 0 aliphatic rings. The van der Waals surface area contributed by atoms with Crippen LogP contribution in [0.2, 0.25) is 0 Å². The van der Waals surface area contributed by atoms with Crippen LogP contribution >= 0.6 is 0 Å². The highest BCUT2D eigenvalue weighted by atomic mass is 32.2.